The molecule has 2 amide bonds. The standard InChI is InChI=1S/C24H19ClF2N2O2/c25-19-3-1-2-16(14-19)23(30)28-21-8-4-15(5-9-21)17-12-18(13-17)24(31)29(27)22-10-6-20(26)7-11-22/h1-11,14,17-18H,12-13H2,(H,28,30). The Bertz CT molecular complexity index is 1100. The van der Waals surface area contributed by atoms with E-state index in [0.29, 0.717) is 29.1 Å². The molecule has 3 aromatic carbocycles. The number of benzene rings is 3. The Morgan fingerprint density at radius 2 is 1.65 bits per heavy atom. The number of anilines is 2. The molecule has 31 heavy (non-hydrogen) atoms. The van der Waals surface area contributed by atoms with E-state index in [2.05, 4.69) is 5.32 Å². The molecule has 1 aliphatic rings. The van der Waals surface area contributed by atoms with Crippen molar-refractivity contribution in [3.8, 4) is 0 Å². The minimum absolute atomic E-state index is 0.0228. The van der Waals surface area contributed by atoms with Crippen LogP contribution in [-0.2, 0) is 4.79 Å². The summed E-state index contributed by atoms with van der Waals surface area (Å²) in [6.07, 6.45) is 1.07. The van der Waals surface area contributed by atoms with E-state index < -0.39 is 17.6 Å². The monoisotopic (exact) mass is 440 g/mol. The Balaban J connectivity index is 1.32. The fourth-order valence-electron chi connectivity index (χ4n) is 3.62. The Morgan fingerprint density at radius 1 is 0.968 bits per heavy atom. The number of carbonyl (C=O) groups excluding carboxylic acids is 2. The second kappa shape index (κ2) is 8.86. The fourth-order valence-corrected chi connectivity index (χ4v) is 3.81. The maximum Gasteiger partial charge on any atom is 0.258 e. The molecule has 0 radical (unpaired) electrons. The first-order valence-corrected chi connectivity index (χ1v) is 10.2. The van der Waals surface area contributed by atoms with Gasteiger partial charge < -0.3 is 5.32 Å². The molecule has 0 atom stereocenters. The zero-order chi connectivity index (χ0) is 22.0. The number of hydrogen-bond acceptors (Lipinski definition) is 2. The van der Waals surface area contributed by atoms with Gasteiger partial charge in [-0.1, -0.05) is 34.3 Å². The summed E-state index contributed by atoms with van der Waals surface area (Å²) >= 11 is 5.92. The topological polar surface area (TPSA) is 49.4 Å². The van der Waals surface area contributed by atoms with Crippen LogP contribution in [0.4, 0.5) is 20.2 Å². The van der Waals surface area contributed by atoms with Gasteiger partial charge in [0, 0.05) is 22.2 Å². The van der Waals surface area contributed by atoms with Crippen molar-refractivity contribution in [2.24, 2.45) is 5.92 Å². The SMILES string of the molecule is O=C(Nc1ccc(C2CC(C(=O)N(F)c3ccc(F)cc3)C2)cc1)c1cccc(Cl)c1. The van der Waals surface area contributed by atoms with Gasteiger partial charge in [-0.3, -0.25) is 9.59 Å². The van der Waals surface area contributed by atoms with Crippen LogP contribution < -0.4 is 10.4 Å². The third-order valence-electron chi connectivity index (χ3n) is 5.46. The van der Waals surface area contributed by atoms with Gasteiger partial charge in [-0.2, -0.15) is 0 Å². The van der Waals surface area contributed by atoms with Crippen LogP contribution in [0.15, 0.2) is 72.8 Å². The summed E-state index contributed by atoms with van der Waals surface area (Å²) in [4.78, 5) is 24.6. The van der Waals surface area contributed by atoms with Gasteiger partial charge >= 0.3 is 0 Å². The molecular formula is C24H19ClF2N2O2. The van der Waals surface area contributed by atoms with Crippen LogP contribution >= 0.6 is 11.6 Å². The number of halogens is 3. The van der Waals surface area contributed by atoms with Crippen molar-refractivity contribution < 1.29 is 18.5 Å². The Kier molecular flexibility index (Phi) is 6.00. The van der Waals surface area contributed by atoms with Gasteiger partial charge in [0.05, 0.1) is 5.69 Å². The summed E-state index contributed by atoms with van der Waals surface area (Å²) in [5.74, 6) is -1.63. The van der Waals surface area contributed by atoms with E-state index in [4.69, 9.17) is 11.6 Å². The number of amides is 2. The van der Waals surface area contributed by atoms with Gasteiger partial charge in [-0.25, -0.2) is 4.39 Å². The quantitative estimate of drug-likeness (QED) is 0.484. The van der Waals surface area contributed by atoms with Gasteiger partial charge in [-0.15, -0.1) is 5.12 Å². The molecule has 0 saturated heterocycles. The first-order chi connectivity index (χ1) is 14.9. The third-order valence-corrected chi connectivity index (χ3v) is 5.70. The lowest BCUT2D eigenvalue weighted by Crippen LogP contribution is -2.37. The van der Waals surface area contributed by atoms with Gasteiger partial charge in [0.25, 0.3) is 11.8 Å². The highest BCUT2D eigenvalue weighted by Crippen LogP contribution is 2.43. The Hall–Kier alpha value is -3.25. The second-order valence-electron chi connectivity index (χ2n) is 7.55. The van der Waals surface area contributed by atoms with Crippen molar-refractivity contribution in [2.45, 2.75) is 18.8 Å². The van der Waals surface area contributed by atoms with Crippen LogP contribution in [0.1, 0.15) is 34.7 Å². The lowest BCUT2D eigenvalue weighted by atomic mass is 9.71. The van der Waals surface area contributed by atoms with Crippen molar-refractivity contribution in [3.63, 3.8) is 0 Å². The molecule has 0 heterocycles. The van der Waals surface area contributed by atoms with Gasteiger partial charge in [0.1, 0.15) is 5.82 Å². The summed E-state index contributed by atoms with van der Waals surface area (Å²) < 4.78 is 27.3. The van der Waals surface area contributed by atoms with Crippen molar-refractivity contribution in [2.75, 3.05) is 10.4 Å². The van der Waals surface area contributed by atoms with Crippen molar-refractivity contribution >= 4 is 34.8 Å². The number of rotatable bonds is 5. The number of nitrogens with one attached hydrogen (secondary N) is 1. The zero-order valence-electron chi connectivity index (χ0n) is 16.4. The molecule has 1 N–H and O–H groups in total. The van der Waals surface area contributed by atoms with Crippen LogP contribution in [-0.4, -0.2) is 11.8 Å². The predicted octanol–water partition coefficient (Wildman–Crippen LogP) is 6.14. The Labute approximate surface area is 183 Å². The average Bonchev–Trinajstić information content (AvgIpc) is 2.74. The Morgan fingerprint density at radius 3 is 2.29 bits per heavy atom. The molecule has 1 saturated carbocycles. The number of carbonyl (C=O) groups is 2. The van der Waals surface area contributed by atoms with Crippen molar-refractivity contribution in [3.05, 3.63) is 94.8 Å². The highest BCUT2D eigenvalue weighted by Gasteiger charge is 2.38. The number of hydrogen-bond donors (Lipinski definition) is 1. The molecule has 1 fully saturated rings. The predicted molar refractivity (Wildman–Crippen MR) is 116 cm³/mol. The molecular weight excluding hydrogens is 422 g/mol. The normalized spacial score (nSPS) is 17.5. The molecule has 0 aromatic heterocycles. The molecule has 0 spiro atoms. The third kappa shape index (κ3) is 4.75. The van der Waals surface area contributed by atoms with Crippen molar-refractivity contribution in [1.82, 2.24) is 0 Å². The average molecular weight is 441 g/mol. The molecule has 0 aliphatic heterocycles. The molecule has 1 aliphatic carbocycles. The molecule has 0 bridgehead atoms. The molecule has 4 nitrogen and oxygen atoms in total. The van der Waals surface area contributed by atoms with E-state index in [1.54, 1.807) is 36.4 Å². The van der Waals surface area contributed by atoms with E-state index in [-0.39, 0.29) is 22.6 Å². The molecule has 0 unspecified atom stereocenters. The minimum Gasteiger partial charge on any atom is -0.322 e. The van der Waals surface area contributed by atoms with Gasteiger partial charge in [0.15, 0.2) is 0 Å². The summed E-state index contributed by atoms with van der Waals surface area (Å²) in [5, 5.41) is 3.40. The first kappa shape index (κ1) is 21.0. The van der Waals surface area contributed by atoms with E-state index in [0.717, 1.165) is 17.7 Å². The summed E-state index contributed by atoms with van der Waals surface area (Å²) in [5.41, 5.74) is 2.16. The molecule has 3 aromatic rings. The first-order valence-electron chi connectivity index (χ1n) is 9.83. The molecule has 158 valence electrons. The highest BCUT2D eigenvalue weighted by atomic mass is 35.5. The summed E-state index contributed by atoms with van der Waals surface area (Å²) in [7, 11) is 0. The van der Waals surface area contributed by atoms with Crippen LogP contribution in [0.3, 0.4) is 0 Å². The maximum absolute atomic E-state index is 14.3. The van der Waals surface area contributed by atoms with Gasteiger partial charge in [0.2, 0.25) is 0 Å². The fraction of sp³-hybridized carbons (Fsp3) is 0.167. The smallest absolute Gasteiger partial charge is 0.258 e. The zero-order valence-corrected chi connectivity index (χ0v) is 17.2. The van der Waals surface area contributed by atoms with E-state index in [1.807, 2.05) is 12.1 Å². The number of nitrogens with zero attached hydrogens (tertiary/aromatic N) is 1. The van der Waals surface area contributed by atoms with Crippen LogP contribution in [0.2, 0.25) is 5.02 Å². The van der Waals surface area contributed by atoms with Gasteiger partial charge in [-0.05, 0) is 78.9 Å². The van der Waals surface area contributed by atoms with E-state index >= 15 is 0 Å². The lowest BCUT2D eigenvalue weighted by Gasteiger charge is -2.35. The second-order valence-corrected chi connectivity index (χ2v) is 7.98. The van der Waals surface area contributed by atoms with E-state index in [1.165, 1.54) is 12.1 Å². The lowest BCUT2D eigenvalue weighted by molar-refractivity contribution is -0.128. The largest absolute Gasteiger partial charge is 0.322 e. The van der Waals surface area contributed by atoms with Crippen LogP contribution in [0.25, 0.3) is 0 Å². The minimum atomic E-state index is -0.617. The van der Waals surface area contributed by atoms with Crippen LogP contribution in [0.5, 0.6) is 0 Å². The van der Waals surface area contributed by atoms with E-state index in [9.17, 15) is 18.5 Å². The highest BCUT2D eigenvalue weighted by molar-refractivity contribution is 6.31. The van der Waals surface area contributed by atoms with Crippen molar-refractivity contribution in [1.29, 1.82) is 0 Å². The summed E-state index contributed by atoms with van der Waals surface area (Å²) in [6, 6.07) is 18.8. The molecule has 4 rings (SSSR count). The summed E-state index contributed by atoms with van der Waals surface area (Å²) in [6.45, 7) is 0. The van der Waals surface area contributed by atoms with Crippen LogP contribution in [0, 0.1) is 11.7 Å². The molecule has 7 heteroatoms. The maximum atomic E-state index is 14.3.